The van der Waals surface area contributed by atoms with Crippen LogP contribution in [0.15, 0.2) is 64.2 Å². The maximum Gasteiger partial charge on any atom is 0.267 e. The monoisotopic (exact) mass is 488 g/mol. The van der Waals surface area contributed by atoms with Crippen LogP contribution in [0.4, 0.5) is 11.6 Å². The largest absolute Gasteiger partial charge is 0.383 e. The van der Waals surface area contributed by atoms with Gasteiger partial charge in [-0.2, -0.15) is 4.98 Å². The summed E-state index contributed by atoms with van der Waals surface area (Å²) >= 11 is 6.38. The van der Waals surface area contributed by atoms with Crippen LogP contribution in [0, 0.1) is 0 Å². The first kappa shape index (κ1) is 22.5. The number of rotatable bonds is 6. The van der Waals surface area contributed by atoms with Crippen LogP contribution in [0.25, 0.3) is 28.0 Å². The van der Waals surface area contributed by atoms with E-state index in [1.807, 2.05) is 44.2 Å². The van der Waals surface area contributed by atoms with Crippen molar-refractivity contribution in [2.24, 2.45) is 0 Å². The minimum atomic E-state index is -0.493. The Hall–Kier alpha value is -4.31. The van der Waals surface area contributed by atoms with Gasteiger partial charge in [0.15, 0.2) is 5.82 Å². The molecule has 35 heavy (non-hydrogen) atoms. The fourth-order valence-electron chi connectivity index (χ4n) is 3.81. The Bertz CT molecular complexity index is 1580. The Morgan fingerprint density at radius 2 is 1.91 bits per heavy atom. The van der Waals surface area contributed by atoms with E-state index in [1.54, 1.807) is 18.2 Å². The molecule has 0 saturated carbocycles. The second kappa shape index (κ2) is 9.15. The highest BCUT2D eigenvalue weighted by Gasteiger charge is 2.23. The first-order valence-electron chi connectivity index (χ1n) is 10.9. The van der Waals surface area contributed by atoms with Gasteiger partial charge in [-0.15, -0.1) is 0 Å². The van der Waals surface area contributed by atoms with Crippen LogP contribution in [0.3, 0.4) is 0 Å². The second-order valence-electron chi connectivity index (χ2n) is 7.80. The molecule has 3 N–H and O–H groups in total. The maximum atomic E-state index is 13.6. The lowest BCUT2D eigenvalue weighted by molar-refractivity contribution is 0.423. The third-order valence-electron chi connectivity index (χ3n) is 5.50. The van der Waals surface area contributed by atoms with E-state index in [9.17, 15) is 4.79 Å². The zero-order valence-electron chi connectivity index (χ0n) is 18.9. The van der Waals surface area contributed by atoms with E-state index in [2.05, 4.69) is 25.4 Å². The molecule has 11 heteroatoms. The number of nitrogen functional groups attached to an aromatic ring is 1. The number of fused-ring (bicyclic) bond motifs is 1. The molecule has 0 aliphatic heterocycles. The predicted molar refractivity (Wildman–Crippen MR) is 134 cm³/mol. The average Bonchev–Trinajstić information content (AvgIpc) is 3.33. The summed E-state index contributed by atoms with van der Waals surface area (Å²) in [4.78, 5) is 31.2. The highest BCUT2D eigenvalue weighted by atomic mass is 35.5. The van der Waals surface area contributed by atoms with Crippen LogP contribution >= 0.6 is 11.6 Å². The smallest absolute Gasteiger partial charge is 0.267 e. The SMILES string of the molecule is CCc1noc(-c2c(N)ncnc2N[C@@H](C)c2nc3cccc(Cl)c3c(=O)n2-c2ccccc2)n1. The zero-order valence-corrected chi connectivity index (χ0v) is 19.7. The Labute approximate surface area is 204 Å². The number of nitrogens with two attached hydrogens (primary N) is 1. The number of aryl methyl sites for hydroxylation is 1. The van der Waals surface area contributed by atoms with Gasteiger partial charge in [0.2, 0.25) is 0 Å². The summed E-state index contributed by atoms with van der Waals surface area (Å²) in [5.74, 6) is 1.75. The van der Waals surface area contributed by atoms with Crippen molar-refractivity contribution in [3.63, 3.8) is 0 Å². The summed E-state index contributed by atoms with van der Waals surface area (Å²) in [5, 5.41) is 7.92. The van der Waals surface area contributed by atoms with Gasteiger partial charge in [-0.3, -0.25) is 9.36 Å². The number of para-hydroxylation sites is 1. The van der Waals surface area contributed by atoms with Crippen molar-refractivity contribution < 1.29 is 4.52 Å². The average molecular weight is 489 g/mol. The molecule has 176 valence electrons. The first-order chi connectivity index (χ1) is 17.0. The van der Waals surface area contributed by atoms with Gasteiger partial charge >= 0.3 is 0 Å². The molecular formula is C24H21ClN8O2. The van der Waals surface area contributed by atoms with Gasteiger partial charge in [-0.25, -0.2) is 15.0 Å². The third-order valence-corrected chi connectivity index (χ3v) is 5.82. The molecule has 1 atom stereocenters. The van der Waals surface area contributed by atoms with Gasteiger partial charge in [0, 0.05) is 6.42 Å². The summed E-state index contributed by atoms with van der Waals surface area (Å²) in [5.41, 5.74) is 7.40. The Morgan fingerprint density at radius 1 is 1.11 bits per heavy atom. The molecule has 0 amide bonds. The predicted octanol–water partition coefficient (Wildman–Crippen LogP) is 4.20. The van der Waals surface area contributed by atoms with E-state index >= 15 is 0 Å². The first-order valence-corrected chi connectivity index (χ1v) is 11.3. The number of aromatic nitrogens is 6. The zero-order chi connectivity index (χ0) is 24.5. The molecule has 0 bridgehead atoms. The molecule has 2 aromatic carbocycles. The van der Waals surface area contributed by atoms with E-state index in [-0.39, 0.29) is 17.3 Å². The standard InChI is InChI=1S/C24H21ClN8O2/c1-3-17-31-23(35-32-17)19-20(26)27-12-28-21(19)29-13(2)22-30-16-11-7-10-15(25)18(16)24(34)33(22)14-8-5-4-6-9-14/h4-13H,3H2,1-2H3,(H3,26,27,28,29)/t13-/m0/s1. The van der Waals surface area contributed by atoms with Crippen molar-refractivity contribution >= 4 is 34.1 Å². The van der Waals surface area contributed by atoms with Crippen LogP contribution in [0.2, 0.25) is 5.02 Å². The minimum absolute atomic E-state index is 0.180. The Balaban J connectivity index is 1.66. The Kier molecular flexibility index (Phi) is 5.87. The van der Waals surface area contributed by atoms with Crippen LogP contribution in [-0.2, 0) is 6.42 Å². The lowest BCUT2D eigenvalue weighted by Gasteiger charge is -2.21. The summed E-state index contributed by atoms with van der Waals surface area (Å²) in [6.45, 7) is 3.78. The van der Waals surface area contributed by atoms with Crippen molar-refractivity contribution in [3.8, 4) is 17.1 Å². The van der Waals surface area contributed by atoms with E-state index in [1.165, 1.54) is 10.9 Å². The van der Waals surface area contributed by atoms with Gasteiger partial charge < -0.3 is 15.6 Å². The molecule has 3 aromatic heterocycles. The fourth-order valence-corrected chi connectivity index (χ4v) is 4.06. The maximum absolute atomic E-state index is 13.6. The molecule has 3 heterocycles. The van der Waals surface area contributed by atoms with Crippen molar-refractivity contribution in [1.29, 1.82) is 0 Å². The Morgan fingerprint density at radius 3 is 2.66 bits per heavy atom. The van der Waals surface area contributed by atoms with Crippen molar-refractivity contribution in [2.75, 3.05) is 11.1 Å². The molecule has 0 saturated heterocycles. The van der Waals surface area contributed by atoms with Gasteiger partial charge in [0.25, 0.3) is 11.4 Å². The second-order valence-corrected chi connectivity index (χ2v) is 8.21. The molecule has 10 nitrogen and oxygen atoms in total. The normalized spacial score (nSPS) is 12.1. The molecule has 0 unspecified atom stereocenters. The molecule has 0 radical (unpaired) electrons. The van der Waals surface area contributed by atoms with E-state index in [4.69, 9.17) is 26.8 Å². The summed E-state index contributed by atoms with van der Waals surface area (Å²) in [6.07, 6.45) is 1.94. The summed E-state index contributed by atoms with van der Waals surface area (Å²) in [7, 11) is 0. The molecule has 0 aliphatic carbocycles. The van der Waals surface area contributed by atoms with Crippen molar-refractivity contribution in [3.05, 3.63) is 81.9 Å². The number of nitrogens with one attached hydrogen (secondary N) is 1. The van der Waals surface area contributed by atoms with Crippen LogP contribution < -0.4 is 16.6 Å². The quantitative estimate of drug-likeness (QED) is 0.360. The highest BCUT2D eigenvalue weighted by Crippen LogP contribution is 2.32. The summed E-state index contributed by atoms with van der Waals surface area (Å²) < 4.78 is 6.93. The topological polar surface area (TPSA) is 138 Å². The van der Waals surface area contributed by atoms with Crippen LogP contribution in [-0.4, -0.2) is 29.7 Å². The number of halogens is 1. The lowest BCUT2D eigenvalue weighted by atomic mass is 10.2. The van der Waals surface area contributed by atoms with Gasteiger partial charge in [-0.1, -0.05) is 47.9 Å². The molecule has 0 spiro atoms. The van der Waals surface area contributed by atoms with E-state index in [0.717, 1.165) is 0 Å². The molecular weight excluding hydrogens is 468 g/mol. The molecule has 5 rings (SSSR count). The number of nitrogens with zero attached hydrogens (tertiary/aromatic N) is 6. The highest BCUT2D eigenvalue weighted by molar-refractivity contribution is 6.35. The van der Waals surface area contributed by atoms with Crippen molar-refractivity contribution in [1.82, 2.24) is 29.7 Å². The van der Waals surface area contributed by atoms with Gasteiger partial charge in [-0.05, 0) is 31.2 Å². The number of hydrogen-bond acceptors (Lipinski definition) is 9. The fraction of sp³-hybridized carbons (Fsp3) is 0.167. The van der Waals surface area contributed by atoms with Crippen LogP contribution in [0.5, 0.6) is 0 Å². The molecule has 5 aromatic rings. The number of hydrogen-bond donors (Lipinski definition) is 2. The van der Waals surface area contributed by atoms with Gasteiger partial charge in [0.1, 0.15) is 29.4 Å². The minimum Gasteiger partial charge on any atom is -0.383 e. The van der Waals surface area contributed by atoms with E-state index in [0.29, 0.717) is 51.1 Å². The third kappa shape index (κ3) is 4.08. The molecule has 0 aliphatic rings. The molecule has 0 fully saturated rings. The van der Waals surface area contributed by atoms with Crippen molar-refractivity contribution in [2.45, 2.75) is 26.3 Å². The summed E-state index contributed by atoms with van der Waals surface area (Å²) in [6, 6.07) is 13.9. The number of benzene rings is 2. The lowest BCUT2D eigenvalue weighted by Crippen LogP contribution is -2.27. The van der Waals surface area contributed by atoms with E-state index < -0.39 is 6.04 Å². The number of anilines is 2. The van der Waals surface area contributed by atoms with Gasteiger partial charge in [0.05, 0.1) is 27.7 Å². The van der Waals surface area contributed by atoms with Crippen LogP contribution in [0.1, 0.15) is 31.5 Å².